The summed E-state index contributed by atoms with van der Waals surface area (Å²) in [6.07, 6.45) is -2.58. The molecule has 1 N–H and O–H groups in total. The molecule has 1 aromatic carbocycles. The van der Waals surface area contributed by atoms with Crippen LogP contribution in [-0.4, -0.2) is 47.8 Å². The van der Waals surface area contributed by atoms with Crippen LogP contribution in [0.25, 0.3) is 0 Å². The topological polar surface area (TPSA) is 40.5 Å². The van der Waals surface area contributed by atoms with E-state index in [1.807, 2.05) is 31.2 Å². The molecule has 1 rings (SSSR count). The van der Waals surface area contributed by atoms with Gasteiger partial charge in [-0.2, -0.15) is 0 Å². The van der Waals surface area contributed by atoms with E-state index >= 15 is 0 Å². The Kier molecular flexibility index (Phi) is 7.54. The molecule has 0 heterocycles. The molecule has 0 aliphatic heterocycles. The van der Waals surface area contributed by atoms with E-state index in [0.29, 0.717) is 5.75 Å². The van der Waals surface area contributed by atoms with Gasteiger partial charge in [0.25, 0.3) is 6.43 Å². The van der Waals surface area contributed by atoms with Gasteiger partial charge in [0.05, 0.1) is 18.9 Å². The molecule has 1 aromatic rings. The van der Waals surface area contributed by atoms with E-state index in [-0.39, 0.29) is 24.8 Å². The maximum atomic E-state index is 12.3. The monoisotopic (exact) mass is 303 g/mol. The molecule has 3 nitrogen and oxygen atoms in total. The highest BCUT2D eigenvalue weighted by Crippen LogP contribution is 2.14. The summed E-state index contributed by atoms with van der Waals surface area (Å²) >= 11 is 1.38. The molecule has 20 heavy (non-hydrogen) atoms. The zero-order valence-corrected chi connectivity index (χ0v) is 12.2. The largest absolute Gasteiger partial charge is 0.395 e. The van der Waals surface area contributed by atoms with Crippen LogP contribution in [0.3, 0.4) is 0 Å². The fraction of sp³-hybridized carbons (Fsp3) is 0.500. The first kappa shape index (κ1) is 16.9. The number of carbonyl (C=O) groups is 1. The average Bonchev–Trinajstić information content (AvgIpc) is 2.40. The summed E-state index contributed by atoms with van der Waals surface area (Å²) in [6.45, 7) is 1.03. The van der Waals surface area contributed by atoms with E-state index in [1.54, 1.807) is 0 Å². The normalized spacial score (nSPS) is 10.8. The second kappa shape index (κ2) is 8.92. The lowest BCUT2D eigenvalue weighted by atomic mass is 10.2. The predicted octanol–water partition coefficient (Wildman–Crippen LogP) is 2.31. The third kappa shape index (κ3) is 6.34. The maximum Gasteiger partial charge on any atom is 0.255 e. The van der Waals surface area contributed by atoms with Crippen molar-refractivity contribution in [1.29, 1.82) is 0 Å². The number of carbonyl (C=O) groups excluding carboxylic acids is 1. The smallest absolute Gasteiger partial charge is 0.255 e. The van der Waals surface area contributed by atoms with Crippen molar-refractivity contribution in [2.75, 3.05) is 25.4 Å². The van der Waals surface area contributed by atoms with Gasteiger partial charge in [-0.3, -0.25) is 4.79 Å². The molecule has 0 radical (unpaired) electrons. The number of nitrogens with zero attached hydrogens (tertiary/aromatic N) is 1. The Hall–Kier alpha value is -1.14. The Bertz CT molecular complexity index is 412. The van der Waals surface area contributed by atoms with Gasteiger partial charge < -0.3 is 10.0 Å². The summed E-state index contributed by atoms with van der Waals surface area (Å²) in [5, 5.41) is 8.78. The van der Waals surface area contributed by atoms with Crippen molar-refractivity contribution < 1.29 is 18.7 Å². The van der Waals surface area contributed by atoms with Gasteiger partial charge in [0, 0.05) is 12.3 Å². The third-order valence-corrected chi connectivity index (χ3v) is 3.68. The van der Waals surface area contributed by atoms with E-state index in [0.717, 1.165) is 10.5 Å². The van der Waals surface area contributed by atoms with Gasteiger partial charge in [-0.1, -0.05) is 29.8 Å². The number of aryl methyl sites for hydroxylation is 1. The highest BCUT2D eigenvalue weighted by molar-refractivity contribution is 7.99. The van der Waals surface area contributed by atoms with Gasteiger partial charge in [0.1, 0.15) is 0 Å². The van der Waals surface area contributed by atoms with Crippen LogP contribution in [-0.2, 0) is 10.5 Å². The number of halogens is 2. The molecule has 0 fully saturated rings. The maximum absolute atomic E-state index is 12.3. The van der Waals surface area contributed by atoms with Crippen LogP contribution in [0.4, 0.5) is 8.78 Å². The predicted molar refractivity (Wildman–Crippen MR) is 77.0 cm³/mol. The van der Waals surface area contributed by atoms with Gasteiger partial charge >= 0.3 is 0 Å². The Morgan fingerprint density at radius 1 is 1.35 bits per heavy atom. The lowest BCUT2D eigenvalue weighted by Crippen LogP contribution is -2.38. The molecule has 0 bridgehead atoms. The third-order valence-electron chi connectivity index (χ3n) is 2.70. The quantitative estimate of drug-likeness (QED) is 0.801. The minimum absolute atomic E-state index is 0.0474. The Morgan fingerprint density at radius 3 is 2.55 bits per heavy atom. The Morgan fingerprint density at radius 2 is 2.00 bits per heavy atom. The summed E-state index contributed by atoms with van der Waals surface area (Å²) in [7, 11) is 0. The highest BCUT2D eigenvalue weighted by Gasteiger charge is 2.17. The Labute approximate surface area is 122 Å². The number of amides is 1. The minimum Gasteiger partial charge on any atom is -0.395 e. The van der Waals surface area contributed by atoms with E-state index in [9.17, 15) is 13.6 Å². The second-order valence-corrected chi connectivity index (χ2v) is 5.42. The van der Waals surface area contributed by atoms with Crippen molar-refractivity contribution in [2.24, 2.45) is 0 Å². The zero-order chi connectivity index (χ0) is 15.0. The summed E-state index contributed by atoms with van der Waals surface area (Å²) in [4.78, 5) is 12.8. The number of aliphatic hydroxyl groups is 1. The highest BCUT2D eigenvalue weighted by atomic mass is 32.2. The van der Waals surface area contributed by atoms with E-state index in [4.69, 9.17) is 5.11 Å². The van der Waals surface area contributed by atoms with Gasteiger partial charge in [-0.25, -0.2) is 8.78 Å². The van der Waals surface area contributed by atoms with E-state index in [1.165, 1.54) is 17.3 Å². The fourth-order valence-electron chi connectivity index (χ4n) is 1.64. The molecule has 0 aromatic heterocycles. The van der Waals surface area contributed by atoms with Crippen molar-refractivity contribution in [2.45, 2.75) is 19.1 Å². The molecule has 0 unspecified atom stereocenters. The molecule has 0 aliphatic rings. The minimum atomic E-state index is -2.58. The van der Waals surface area contributed by atoms with Crippen LogP contribution in [0.5, 0.6) is 0 Å². The number of aliphatic hydroxyl groups excluding tert-OH is 1. The van der Waals surface area contributed by atoms with Crippen molar-refractivity contribution >= 4 is 17.7 Å². The van der Waals surface area contributed by atoms with Crippen LogP contribution in [0, 0.1) is 6.92 Å². The van der Waals surface area contributed by atoms with Crippen LogP contribution >= 0.6 is 11.8 Å². The van der Waals surface area contributed by atoms with Crippen LogP contribution in [0.2, 0.25) is 0 Å². The van der Waals surface area contributed by atoms with Gasteiger partial charge in [-0.05, 0) is 12.5 Å². The first-order chi connectivity index (χ1) is 9.52. The van der Waals surface area contributed by atoms with Gasteiger partial charge in [0.15, 0.2) is 0 Å². The average molecular weight is 303 g/mol. The molecule has 0 aliphatic carbocycles. The van der Waals surface area contributed by atoms with Crippen molar-refractivity contribution in [1.82, 2.24) is 4.90 Å². The second-order valence-electron chi connectivity index (χ2n) is 4.43. The standard InChI is InChI=1S/C14H19F2NO2S/c1-11-2-4-12(5-3-11)9-20-10-14(19)17(6-7-18)8-13(15)16/h2-5,13,18H,6-10H2,1H3. The molecule has 0 spiro atoms. The first-order valence-electron chi connectivity index (χ1n) is 6.33. The molecular weight excluding hydrogens is 284 g/mol. The number of thioether (sulfide) groups is 1. The van der Waals surface area contributed by atoms with E-state index < -0.39 is 13.0 Å². The van der Waals surface area contributed by atoms with Crippen LogP contribution in [0.15, 0.2) is 24.3 Å². The first-order valence-corrected chi connectivity index (χ1v) is 7.48. The summed E-state index contributed by atoms with van der Waals surface area (Å²) < 4.78 is 24.6. The summed E-state index contributed by atoms with van der Waals surface area (Å²) in [6, 6.07) is 7.95. The van der Waals surface area contributed by atoms with Crippen LogP contribution < -0.4 is 0 Å². The molecule has 1 amide bonds. The number of hydrogen-bond acceptors (Lipinski definition) is 3. The Balaban J connectivity index is 2.38. The fourth-order valence-corrected chi connectivity index (χ4v) is 2.52. The van der Waals surface area contributed by atoms with Gasteiger partial charge in [-0.15, -0.1) is 11.8 Å². The van der Waals surface area contributed by atoms with Crippen molar-refractivity contribution in [3.63, 3.8) is 0 Å². The molecule has 112 valence electrons. The van der Waals surface area contributed by atoms with Crippen molar-refractivity contribution in [3.05, 3.63) is 35.4 Å². The summed E-state index contributed by atoms with van der Waals surface area (Å²) in [5.41, 5.74) is 2.26. The zero-order valence-electron chi connectivity index (χ0n) is 11.4. The molecule has 0 saturated carbocycles. The molecule has 0 saturated heterocycles. The molecule has 0 atom stereocenters. The lowest BCUT2D eigenvalue weighted by Gasteiger charge is -2.21. The SMILES string of the molecule is Cc1ccc(CSCC(=O)N(CCO)CC(F)F)cc1. The number of hydrogen-bond donors (Lipinski definition) is 1. The lowest BCUT2D eigenvalue weighted by molar-refractivity contribution is -0.130. The van der Waals surface area contributed by atoms with Crippen LogP contribution in [0.1, 0.15) is 11.1 Å². The number of rotatable bonds is 8. The number of alkyl halides is 2. The number of benzene rings is 1. The van der Waals surface area contributed by atoms with Crippen molar-refractivity contribution in [3.8, 4) is 0 Å². The van der Waals surface area contributed by atoms with Gasteiger partial charge in [0.2, 0.25) is 5.91 Å². The summed E-state index contributed by atoms with van der Waals surface area (Å²) in [5.74, 6) is 0.435. The molecular formula is C14H19F2NO2S. The van der Waals surface area contributed by atoms with E-state index in [2.05, 4.69) is 0 Å². The molecule has 6 heteroatoms.